The third-order valence-corrected chi connectivity index (χ3v) is 3.70. The third-order valence-electron chi connectivity index (χ3n) is 3.43. The first-order valence-corrected chi connectivity index (χ1v) is 6.76. The number of fused-ring (bicyclic) bond motifs is 1. The molecule has 1 amide bonds. The fourth-order valence-corrected chi connectivity index (χ4v) is 2.63. The van der Waals surface area contributed by atoms with Crippen LogP contribution in [0.1, 0.15) is 22.3 Å². The maximum atomic E-state index is 13.9. The molecule has 1 aliphatic rings. The van der Waals surface area contributed by atoms with E-state index in [1.807, 2.05) is 24.3 Å². The number of benzene rings is 1. The lowest BCUT2D eigenvalue weighted by Crippen LogP contribution is -2.36. The molecular formula is C15H12ClFN2O. The normalized spacial score (nSPS) is 14.0. The van der Waals surface area contributed by atoms with Gasteiger partial charge in [0.05, 0.1) is 5.56 Å². The predicted molar refractivity (Wildman–Crippen MR) is 75.6 cm³/mol. The summed E-state index contributed by atoms with van der Waals surface area (Å²) in [6.45, 7) is 0.579. The molecule has 102 valence electrons. The molecule has 1 aromatic carbocycles. The number of hydrogen-bond donors (Lipinski definition) is 0. The van der Waals surface area contributed by atoms with E-state index < -0.39 is 5.82 Å². The molecule has 0 saturated heterocycles. The van der Waals surface area contributed by atoms with Crippen molar-refractivity contribution in [3.05, 3.63) is 58.6 Å². The van der Waals surface area contributed by atoms with Crippen LogP contribution in [0.25, 0.3) is 0 Å². The summed E-state index contributed by atoms with van der Waals surface area (Å²) in [5.41, 5.74) is 1.91. The number of amides is 1. The number of para-hydroxylation sites is 1. The summed E-state index contributed by atoms with van der Waals surface area (Å²) >= 11 is 5.64. The predicted octanol–water partition coefficient (Wildman–Crippen LogP) is 3.47. The Bertz CT molecular complexity index is 675. The summed E-state index contributed by atoms with van der Waals surface area (Å²) in [6.07, 6.45) is 3.14. The van der Waals surface area contributed by atoms with E-state index in [2.05, 4.69) is 4.98 Å². The van der Waals surface area contributed by atoms with E-state index in [0.717, 1.165) is 24.1 Å². The highest BCUT2D eigenvalue weighted by molar-refractivity contribution is 6.30. The van der Waals surface area contributed by atoms with Gasteiger partial charge < -0.3 is 4.90 Å². The zero-order valence-electron chi connectivity index (χ0n) is 10.6. The van der Waals surface area contributed by atoms with E-state index in [0.29, 0.717) is 6.54 Å². The smallest absolute Gasteiger partial charge is 0.261 e. The molecule has 3 rings (SSSR count). The van der Waals surface area contributed by atoms with Gasteiger partial charge in [0.25, 0.3) is 5.91 Å². The number of carbonyl (C=O) groups excluding carboxylic acids is 1. The third kappa shape index (κ3) is 2.16. The molecule has 0 bridgehead atoms. The van der Waals surface area contributed by atoms with Crippen molar-refractivity contribution in [2.24, 2.45) is 0 Å². The Morgan fingerprint density at radius 2 is 2.10 bits per heavy atom. The lowest BCUT2D eigenvalue weighted by atomic mass is 10.0. The molecule has 0 radical (unpaired) electrons. The average Bonchev–Trinajstić information content (AvgIpc) is 2.49. The monoisotopic (exact) mass is 290 g/mol. The maximum absolute atomic E-state index is 13.9. The summed E-state index contributed by atoms with van der Waals surface area (Å²) in [5, 5.41) is -0.277. The Labute approximate surface area is 121 Å². The number of anilines is 1. The van der Waals surface area contributed by atoms with Crippen molar-refractivity contribution < 1.29 is 9.18 Å². The number of nitrogens with zero attached hydrogens (tertiary/aromatic N) is 2. The topological polar surface area (TPSA) is 33.2 Å². The minimum Gasteiger partial charge on any atom is -0.308 e. The van der Waals surface area contributed by atoms with Crippen LogP contribution in [0.3, 0.4) is 0 Å². The second-order valence-corrected chi connectivity index (χ2v) is 5.01. The summed E-state index contributed by atoms with van der Waals surface area (Å²) in [7, 11) is 0. The van der Waals surface area contributed by atoms with Gasteiger partial charge in [0.1, 0.15) is 0 Å². The van der Waals surface area contributed by atoms with Crippen LogP contribution >= 0.6 is 11.6 Å². The van der Waals surface area contributed by atoms with Gasteiger partial charge in [0.15, 0.2) is 11.0 Å². The van der Waals surface area contributed by atoms with E-state index >= 15 is 0 Å². The lowest BCUT2D eigenvalue weighted by molar-refractivity contribution is 0.0981. The van der Waals surface area contributed by atoms with E-state index in [4.69, 9.17) is 11.6 Å². The van der Waals surface area contributed by atoms with Crippen LogP contribution in [-0.4, -0.2) is 17.4 Å². The standard InChI is InChI=1S/C15H12ClFN2O/c16-14-13(17)11(7-8-18-14)15(20)19-9-3-5-10-4-1-2-6-12(10)19/h1-2,4,6-8H,3,5,9H2. The molecule has 0 spiro atoms. The Hall–Kier alpha value is -1.94. The Morgan fingerprint density at radius 3 is 2.95 bits per heavy atom. The highest BCUT2D eigenvalue weighted by Crippen LogP contribution is 2.29. The molecule has 3 nitrogen and oxygen atoms in total. The molecular weight excluding hydrogens is 279 g/mol. The zero-order valence-corrected chi connectivity index (χ0v) is 11.4. The molecule has 5 heteroatoms. The highest BCUT2D eigenvalue weighted by atomic mass is 35.5. The van der Waals surface area contributed by atoms with Gasteiger partial charge in [-0.05, 0) is 30.5 Å². The summed E-state index contributed by atoms with van der Waals surface area (Å²) in [5.74, 6) is -1.14. The molecule has 1 aromatic heterocycles. The van der Waals surface area contributed by atoms with E-state index in [-0.39, 0.29) is 16.6 Å². The largest absolute Gasteiger partial charge is 0.308 e. The van der Waals surface area contributed by atoms with Crippen LogP contribution in [0.5, 0.6) is 0 Å². The number of aryl methyl sites for hydroxylation is 1. The van der Waals surface area contributed by atoms with Gasteiger partial charge in [-0.3, -0.25) is 4.79 Å². The van der Waals surface area contributed by atoms with Crippen LogP contribution in [0.15, 0.2) is 36.5 Å². The first-order chi connectivity index (χ1) is 9.68. The van der Waals surface area contributed by atoms with Gasteiger partial charge in [-0.15, -0.1) is 0 Å². The Morgan fingerprint density at radius 1 is 1.30 bits per heavy atom. The van der Waals surface area contributed by atoms with Crippen molar-refractivity contribution in [3.63, 3.8) is 0 Å². The molecule has 0 unspecified atom stereocenters. The molecule has 2 heterocycles. The SMILES string of the molecule is O=C(c1ccnc(Cl)c1F)N1CCCc2ccccc21. The number of halogens is 2. The number of aromatic nitrogens is 1. The van der Waals surface area contributed by atoms with Crippen LogP contribution in [-0.2, 0) is 6.42 Å². The first-order valence-electron chi connectivity index (χ1n) is 6.38. The molecule has 0 fully saturated rings. The molecule has 0 aliphatic carbocycles. The van der Waals surface area contributed by atoms with Gasteiger partial charge >= 0.3 is 0 Å². The van der Waals surface area contributed by atoms with Gasteiger partial charge in [0.2, 0.25) is 0 Å². The van der Waals surface area contributed by atoms with Crippen LogP contribution in [0.2, 0.25) is 5.15 Å². The number of pyridine rings is 1. The molecule has 1 aliphatic heterocycles. The Kier molecular flexibility index (Phi) is 3.40. The van der Waals surface area contributed by atoms with Crippen molar-refractivity contribution >= 4 is 23.2 Å². The van der Waals surface area contributed by atoms with Crippen molar-refractivity contribution in [2.45, 2.75) is 12.8 Å². The van der Waals surface area contributed by atoms with Crippen molar-refractivity contribution in [1.82, 2.24) is 4.98 Å². The number of hydrogen-bond acceptors (Lipinski definition) is 2. The van der Waals surface area contributed by atoms with E-state index in [9.17, 15) is 9.18 Å². The van der Waals surface area contributed by atoms with Crippen LogP contribution in [0.4, 0.5) is 10.1 Å². The molecule has 0 N–H and O–H groups in total. The van der Waals surface area contributed by atoms with Crippen LogP contribution in [0, 0.1) is 5.82 Å². The quantitative estimate of drug-likeness (QED) is 0.754. The lowest BCUT2D eigenvalue weighted by Gasteiger charge is -2.29. The van der Waals surface area contributed by atoms with Crippen LogP contribution < -0.4 is 4.90 Å². The second-order valence-electron chi connectivity index (χ2n) is 4.65. The van der Waals surface area contributed by atoms with Gasteiger partial charge in [-0.2, -0.15) is 0 Å². The molecule has 2 aromatic rings. The highest BCUT2D eigenvalue weighted by Gasteiger charge is 2.26. The first kappa shape index (κ1) is 13.1. The fraction of sp³-hybridized carbons (Fsp3) is 0.200. The zero-order chi connectivity index (χ0) is 14.1. The summed E-state index contributed by atoms with van der Waals surface area (Å²) in [6, 6.07) is 9.05. The average molecular weight is 291 g/mol. The second kappa shape index (κ2) is 5.21. The van der Waals surface area contributed by atoms with Gasteiger partial charge in [-0.1, -0.05) is 29.8 Å². The van der Waals surface area contributed by atoms with E-state index in [1.165, 1.54) is 12.3 Å². The van der Waals surface area contributed by atoms with Gasteiger partial charge in [-0.25, -0.2) is 9.37 Å². The molecule has 0 atom stereocenters. The van der Waals surface area contributed by atoms with Gasteiger partial charge in [0, 0.05) is 18.4 Å². The Balaban J connectivity index is 2.02. The maximum Gasteiger partial charge on any atom is 0.261 e. The summed E-state index contributed by atoms with van der Waals surface area (Å²) in [4.78, 5) is 17.8. The number of rotatable bonds is 1. The van der Waals surface area contributed by atoms with E-state index in [1.54, 1.807) is 4.90 Å². The minimum absolute atomic E-state index is 0.0401. The van der Waals surface area contributed by atoms with Crippen molar-refractivity contribution in [2.75, 3.05) is 11.4 Å². The minimum atomic E-state index is -0.762. The fourth-order valence-electron chi connectivity index (χ4n) is 2.47. The molecule has 20 heavy (non-hydrogen) atoms. The van der Waals surface area contributed by atoms with Crippen molar-refractivity contribution in [3.8, 4) is 0 Å². The summed E-state index contributed by atoms with van der Waals surface area (Å²) < 4.78 is 13.9. The molecule has 0 saturated carbocycles. The van der Waals surface area contributed by atoms with Crippen molar-refractivity contribution in [1.29, 1.82) is 0 Å². The number of carbonyl (C=O) groups is 1.